The predicted octanol–water partition coefficient (Wildman–Crippen LogP) is 4.04. The molecular formula is C18H17NO4S2. The lowest BCUT2D eigenvalue weighted by molar-refractivity contribution is -0.143. The van der Waals surface area contributed by atoms with Crippen molar-refractivity contribution >= 4 is 28.6 Å². The quantitative estimate of drug-likeness (QED) is 0.439. The maximum absolute atomic E-state index is 11.9. The molecule has 5 nitrogen and oxygen atoms in total. The molecule has 2 heterocycles. The zero-order valence-electron chi connectivity index (χ0n) is 13.6. The van der Waals surface area contributed by atoms with Crippen LogP contribution in [0.25, 0.3) is 10.6 Å². The number of carbonyl (C=O) groups excluding carboxylic acids is 1. The molecule has 0 unspecified atom stereocenters. The van der Waals surface area contributed by atoms with Gasteiger partial charge in [0.15, 0.2) is 0 Å². The van der Waals surface area contributed by atoms with E-state index in [1.54, 1.807) is 18.4 Å². The third-order valence-corrected chi connectivity index (χ3v) is 4.94. The Labute approximate surface area is 153 Å². The second-order valence-electron chi connectivity index (χ2n) is 5.08. The van der Waals surface area contributed by atoms with E-state index in [2.05, 4.69) is 4.98 Å². The zero-order valence-corrected chi connectivity index (χ0v) is 15.3. The van der Waals surface area contributed by atoms with Crippen molar-refractivity contribution in [2.45, 2.75) is 6.42 Å². The molecule has 0 aliphatic rings. The number of thiophene rings is 1. The summed E-state index contributed by atoms with van der Waals surface area (Å²) >= 11 is 3.16. The Morgan fingerprint density at radius 2 is 1.88 bits per heavy atom. The van der Waals surface area contributed by atoms with E-state index >= 15 is 0 Å². The van der Waals surface area contributed by atoms with E-state index in [0.29, 0.717) is 12.4 Å². The molecule has 0 atom stereocenters. The van der Waals surface area contributed by atoms with Crippen LogP contribution in [-0.2, 0) is 16.0 Å². The minimum Gasteiger partial charge on any atom is -0.497 e. The maximum Gasteiger partial charge on any atom is 0.312 e. The van der Waals surface area contributed by atoms with Crippen molar-refractivity contribution in [2.24, 2.45) is 0 Å². The Morgan fingerprint density at radius 3 is 2.60 bits per heavy atom. The summed E-state index contributed by atoms with van der Waals surface area (Å²) < 4.78 is 15.8. The number of esters is 1. The summed E-state index contributed by atoms with van der Waals surface area (Å²) in [4.78, 5) is 16.3. The molecular weight excluding hydrogens is 358 g/mol. The van der Waals surface area contributed by atoms with Crippen LogP contribution in [0.4, 0.5) is 0 Å². The minimum atomic E-state index is -0.305. The molecule has 0 bridgehead atoms. The lowest BCUT2D eigenvalue weighted by atomic mass is 10.3. The Kier molecular flexibility index (Phi) is 6.03. The van der Waals surface area contributed by atoms with Gasteiger partial charge in [0.2, 0.25) is 0 Å². The fourth-order valence-electron chi connectivity index (χ4n) is 2.09. The summed E-state index contributed by atoms with van der Waals surface area (Å²) in [6.45, 7) is 0.502. The third kappa shape index (κ3) is 5.04. The highest BCUT2D eigenvalue weighted by molar-refractivity contribution is 7.14. The Bertz CT molecular complexity index is 797. The number of rotatable bonds is 8. The summed E-state index contributed by atoms with van der Waals surface area (Å²) in [5.41, 5.74) is 1.81. The number of nitrogens with zero attached hydrogens (tertiary/aromatic N) is 1. The van der Waals surface area contributed by atoms with E-state index in [4.69, 9.17) is 14.2 Å². The largest absolute Gasteiger partial charge is 0.497 e. The van der Waals surface area contributed by atoms with Gasteiger partial charge in [0.25, 0.3) is 0 Å². The topological polar surface area (TPSA) is 57.7 Å². The van der Waals surface area contributed by atoms with Gasteiger partial charge in [-0.1, -0.05) is 0 Å². The van der Waals surface area contributed by atoms with Gasteiger partial charge in [0.05, 0.1) is 19.2 Å². The number of ether oxygens (including phenoxy) is 3. The summed E-state index contributed by atoms with van der Waals surface area (Å²) in [7, 11) is 1.61. The van der Waals surface area contributed by atoms with E-state index in [0.717, 1.165) is 22.0 Å². The smallest absolute Gasteiger partial charge is 0.312 e. The van der Waals surface area contributed by atoms with E-state index in [-0.39, 0.29) is 19.0 Å². The van der Waals surface area contributed by atoms with Gasteiger partial charge in [-0.2, -0.15) is 11.3 Å². The standard InChI is InChI=1S/C18H17NO4S2/c1-21-15-2-4-16(5-3-15)22-7-8-23-17(20)10-14-12-25-18(19-14)13-6-9-24-11-13/h2-6,9,11-12H,7-8,10H2,1H3. The number of thiazole rings is 1. The van der Waals surface area contributed by atoms with Crippen molar-refractivity contribution < 1.29 is 19.0 Å². The minimum absolute atomic E-state index is 0.170. The molecule has 0 saturated heterocycles. The molecule has 25 heavy (non-hydrogen) atoms. The number of benzene rings is 1. The number of carbonyl (C=O) groups is 1. The van der Waals surface area contributed by atoms with Crippen LogP contribution in [0.5, 0.6) is 11.5 Å². The highest BCUT2D eigenvalue weighted by atomic mass is 32.1. The van der Waals surface area contributed by atoms with Crippen LogP contribution in [0, 0.1) is 0 Å². The summed E-state index contributed by atoms with van der Waals surface area (Å²) in [6, 6.07) is 9.26. The van der Waals surface area contributed by atoms with Crippen molar-refractivity contribution in [1.82, 2.24) is 4.98 Å². The van der Waals surface area contributed by atoms with E-state index < -0.39 is 0 Å². The van der Waals surface area contributed by atoms with Crippen LogP contribution < -0.4 is 9.47 Å². The Hall–Kier alpha value is -2.38. The first-order valence-electron chi connectivity index (χ1n) is 7.64. The monoisotopic (exact) mass is 375 g/mol. The summed E-state index contributed by atoms with van der Waals surface area (Å²) in [6.07, 6.45) is 0.170. The molecule has 7 heteroatoms. The second kappa shape index (κ2) is 8.64. The van der Waals surface area contributed by atoms with E-state index in [1.165, 1.54) is 11.3 Å². The zero-order chi connectivity index (χ0) is 17.5. The van der Waals surface area contributed by atoms with Crippen molar-refractivity contribution in [3.63, 3.8) is 0 Å². The molecule has 3 rings (SSSR count). The molecule has 0 amide bonds. The molecule has 130 valence electrons. The van der Waals surface area contributed by atoms with Gasteiger partial charge in [-0.3, -0.25) is 4.79 Å². The number of methoxy groups -OCH3 is 1. The van der Waals surface area contributed by atoms with Crippen LogP contribution >= 0.6 is 22.7 Å². The fourth-order valence-corrected chi connectivity index (χ4v) is 3.62. The summed E-state index contributed by atoms with van der Waals surface area (Å²) in [5, 5.41) is 6.86. The van der Waals surface area contributed by atoms with Gasteiger partial charge in [0.1, 0.15) is 29.7 Å². The van der Waals surface area contributed by atoms with Gasteiger partial charge in [-0.05, 0) is 35.7 Å². The molecule has 0 aliphatic carbocycles. The second-order valence-corrected chi connectivity index (χ2v) is 6.72. The van der Waals surface area contributed by atoms with Crippen LogP contribution in [0.3, 0.4) is 0 Å². The number of aromatic nitrogens is 1. The lowest BCUT2D eigenvalue weighted by Gasteiger charge is -2.07. The molecule has 0 fully saturated rings. The Morgan fingerprint density at radius 1 is 1.08 bits per heavy atom. The molecule has 3 aromatic rings. The average Bonchev–Trinajstić information content (AvgIpc) is 3.31. The molecule has 2 aromatic heterocycles. The highest BCUT2D eigenvalue weighted by Crippen LogP contribution is 2.25. The molecule has 0 radical (unpaired) electrons. The first kappa shape index (κ1) is 17.4. The highest BCUT2D eigenvalue weighted by Gasteiger charge is 2.10. The molecule has 0 saturated carbocycles. The normalized spacial score (nSPS) is 10.4. The molecule has 0 N–H and O–H groups in total. The predicted molar refractivity (Wildman–Crippen MR) is 98.6 cm³/mol. The van der Waals surface area contributed by atoms with Crippen molar-refractivity contribution in [2.75, 3.05) is 20.3 Å². The van der Waals surface area contributed by atoms with Gasteiger partial charge >= 0.3 is 5.97 Å². The number of hydrogen-bond acceptors (Lipinski definition) is 7. The first-order chi connectivity index (χ1) is 12.2. The van der Waals surface area contributed by atoms with Gasteiger partial charge in [-0.25, -0.2) is 4.98 Å². The van der Waals surface area contributed by atoms with Crippen molar-refractivity contribution in [3.05, 3.63) is 52.2 Å². The SMILES string of the molecule is COc1ccc(OCCOC(=O)Cc2csc(-c3ccsc3)n2)cc1. The maximum atomic E-state index is 11.9. The van der Waals surface area contributed by atoms with Crippen LogP contribution in [0.15, 0.2) is 46.5 Å². The van der Waals surface area contributed by atoms with Crippen molar-refractivity contribution in [1.29, 1.82) is 0 Å². The van der Waals surface area contributed by atoms with E-state index in [9.17, 15) is 4.79 Å². The van der Waals surface area contributed by atoms with E-state index in [1.807, 2.05) is 46.5 Å². The molecule has 0 aliphatic heterocycles. The molecule has 1 aromatic carbocycles. The van der Waals surface area contributed by atoms with Gasteiger partial charge < -0.3 is 14.2 Å². The van der Waals surface area contributed by atoms with Crippen LogP contribution in [0.2, 0.25) is 0 Å². The van der Waals surface area contributed by atoms with Crippen LogP contribution in [-0.4, -0.2) is 31.3 Å². The number of hydrogen-bond donors (Lipinski definition) is 0. The third-order valence-electron chi connectivity index (χ3n) is 3.32. The Balaban J connectivity index is 1.39. The van der Waals surface area contributed by atoms with Gasteiger partial charge in [0, 0.05) is 16.3 Å². The molecule has 0 spiro atoms. The summed E-state index contributed by atoms with van der Waals surface area (Å²) in [5.74, 6) is 1.17. The average molecular weight is 375 g/mol. The first-order valence-corrected chi connectivity index (χ1v) is 9.46. The van der Waals surface area contributed by atoms with Gasteiger partial charge in [-0.15, -0.1) is 11.3 Å². The lowest BCUT2D eigenvalue weighted by Crippen LogP contribution is -2.14. The van der Waals surface area contributed by atoms with Crippen molar-refractivity contribution in [3.8, 4) is 22.1 Å². The van der Waals surface area contributed by atoms with Crippen LogP contribution in [0.1, 0.15) is 5.69 Å². The fraction of sp³-hybridized carbons (Fsp3) is 0.222.